The summed E-state index contributed by atoms with van der Waals surface area (Å²) in [6.45, 7) is 5.38. The summed E-state index contributed by atoms with van der Waals surface area (Å²) >= 11 is 3.02. The lowest BCUT2D eigenvalue weighted by Crippen LogP contribution is -2.30. The second kappa shape index (κ2) is 9.08. The first-order valence-corrected chi connectivity index (χ1v) is 11.8. The number of nitrogens with zero attached hydrogens (tertiary/aromatic N) is 4. The number of amides is 1. The van der Waals surface area contributed by atoms with Gasteiger partial charge in [-0.25, -0.2) is 4.99 Å². The van der Waals surface area contributed by atoms with Crippen molar-refractivity contribution in [3.63, 3.8) is 0 Å². The van der Waals surface area contributed by atoms with Crippen LogP contribution in [0.1, 0.15) is 25.8 Å². The van der Waals surface area contributed by atoms with E-state index in [9.17, 15) is 10.1 Å². The molecule has 0 aliphatic carbocycles. The van der Waals surface area contributed by atoms with Crippen molar-refractivity contribution in [3.8, 4) is 6.07 Å². The van der Waals surface area contributed by atoms with Crippen molar-refractivity contribution in [1.29, 1.82) is 5.26 Å². The van der Waals surface area contributed by atoms with Gasteiger partial charge in [0.2, 0.25) is 0 Å². The summed E-state index contributed by atoms with van der Waals surface area (Å²) in [7, 11) is 1.99. The number of nitrogens with one attached hydrogen (secondary N) is 1. The minimum atomic E-state index is -0.0162. The second-order valence-electron chi connectivity index (χ2n) is 7.09. The first-order chi connectivity index (χ1) is 15.1. The van der Waals surface area contributed by atoms with E-state index in [1.807, 2.05) is 45.2 Å². The van der Waals surface area contributed by atoms with Crippen LogP contribution in [0.15, 0.2) is 62.3 Å². The lowest BCUT2D eigenvalue weighted by atomic mass is 10.1. The van der Waals surface area contributed by atoms with Crippen molar-refractivity contribution < 1.29 is 4.79 Å². The van der Waals surface area contributed by atoms with Crippen LogP contribution in [0.2, 0.25) is 0 Å². The van der Waals surface area contributed by atoms with Crippen LogP contribution >= 0.6 is 23.5 Å². The number of anilines is 2. The molecule has 0 unspecified atom stereocenters. The van der Waals surface area contributed by atoms with Gasteiger partial charge in [-0.1, -0.05) is 30.8 Å². The van der Waals surface area contributed by atoms with Crippen LogP contribution in [-0.2, 0) is 4.79 Å². The summed E-state index contributed by atoms with van der Waals surface area (Å²) in [5.41, 5.74) is 3.10. The Hall–Kier alpha value is -2.89. The number of benzene rings is 2. The highest BCUT2D eigenvalue weighted by atomic mass is 32.2. The Morgan fingerprint density at radius 3 is 2.68 bits per heavy atom. The summed E-state index contributed by atoms with van der Waals surface area (Å²) in [5, 5.41) is 14.3. The first kappa shape index (κ1) is 21.3. The molecule has 0 bridgehead atoms. The summed E-state index contributed by atoms with van der Waals surface area (Å²) in [5.74, 6) is -0.0162. The fourth-order valence-corrected chi connectivity index (χ4v) is 5.86. The van der Waals surface area contributed by atoms with E-state index in [4.69, 9.17) is 4.99 Å². The van der Waals surface area contributed by atoms with Crippen molar-refractivity contribution in [2.45, 2.75) is 25.2 Å². The summed E-state index contributed by atoms with van der Waals surface area (Å²) in [6, 6.07) is 15.9. The molecule has 31 heavy (non-hydrogen) atoms. The molecular weight excluding hydrogens is 426 g/mol. The van der Waals surface area contributed by atoms with Gasteiger partial charge in [-0.3, -0.25) is 9.69 Å². The lowest BCUT2D eigenvalue weighted by Gasteiger charge is -2.16. The second-order valence-corrected chi connectivity index (χ2v) is 9.10. The van der Waals surface area contributed by atoms with E-state index in [1.165, 1.54) is 11.8 Å². The normalized spacial score (nSPS) is 19.2. The molecule has 2 aliphatic heterocycles. The minimum absolute atomic E-state index is 0.0162. The monoisotopic (exact) mass is 449 g/mol. The average molecular weight is 450 g/mol. The Labute approximate surface area is 191 Å². The molecule has 0 aromatic heterocycles. The number of amidine groups is 1. The van der Waals surface area contributed by atoms with Crippen molar-refractivity contribution >= 4 is 51.7 Å². The third-order valence-electron chi connectivity index (χ3n) is 4.96. The third-order valence-corrected chi connectivity index (χ3v) is 7.39. The van der Waals surface area contributed by atoms with Gasteiger partial charge < -0.3 is 10.2 Å². The SMILES string of the molecule is CCCN1C(=O)/C(=C2\Sc3ccccc3N2C)SC1=Nc1ccc(NCC)c(C#N)c1. The fourth-order valence-electron chi connectivity index (χ4n) is 3.49. The fraction of sp³-hybridized carbons (Fsp3) is 0.261. The van der Waals surface area contributed by atoms with Crippen LogP contribution < -0.4 is 10.2 Å². The van der Waals surface area contributed by atoms with Crippen LogP contribution in [0.3, 0.4) is 0 Å². The molecule has 1 amide bonds. The van der Waals surface area contributed by atoms with Crippen LogP contribution in [0.25, 0.3) is 0 Å². The first-order valence-electron chi connectivity index (χ1n) is 10.2. The number of carbonyl (C=O) groups excluding carboxylic acids is 1. The molecule has 0 spiro atoms. The predicted molar refractivity (Wildman–Crippen MR) is 130 cm³/mol. The van der Waals surface area contributed by atoms with Gasteiger partial charge in [-0.15, -0.1) is 0 Å². The molecule has 2 aromatic rings. The average Bonchev–Trinajstić information content (AvgIpc) is 3.27. The summed E-state index contributed by atoms with van der Waals surface area (Å²) in [6.07, 6.45) is 0.833. The molecule has 2 heterocycles. The van der Waals surface area contributed by atoms with Crippen molar-refractivity contribution in [2.24, 2.45) is 4.99 Å². The molecule has 2 aliphatic rings. The Morgan fingerprint density at radius 1 is 1.16 bits per heavy atom. The van der Waals surface area contributed by atoms with E-state index in [1.54, 1.807) is 22.7 Å². The Bertz CT molecular complexity index is 1140. The van der Waals surface area contributed by atoms with Gasteiger partial charge >= 0.3 is 0 Å². The van der Waals surface area contributed by atoms with Gasteiger partial charge in [0.25, 0.3) is 5.91 Å². The number of rotatable bonds is 5. The van der Waals surface area contributed by atoms with E-state index in [2.05, 4.69) is 28.4 Å². The lowest BCUT2D eigenvalue weighted by molar-refractivity contribution is -0.122. The summed E-state index contributed by atoms with van der Waals surface area (Å²) < 4.78 is 0. The molecule has 158 valence electrons. The maximum absolute atomic E-state index is 13.3. The molecule has 1 saturated heterocycles. The highest BCUT2D eigenvalue weighted by Gasteiger charge is 2.38. The maximum atomic E-state index is 13.3. The van der Waals surface area contributed by atoms with E-state index in [0.29, 0.717) is 27.9 Å². The van der Waals surface area contributed by atoms with Crippen molar-refractivity contribution in [1.82, 2.24) is 4.90 Å². The molecular formula is C23H23N5OS2. The highest BCUT2D eigenvalue weighted by Crippen LogP contribution is 2.50. The van der Waals surface area contributed by atoms with Gasteiger partial charge in [0.1, 0.15) is 11.0 Å². The Kier molecular flexibility index (Phi) is 6.25. The smallest absolute Gasteiger partial charge is 0.269 e. The van der Waals surface area contributed by atoms with Crippen molar-refractivity contribution in [3.05, 3.63) is 58.0 Å². The zero-order valence-electron chi connectivity index (χ0n) is 17.7. The minimum Gasteiger partial charge on any atom is -0.384 e. The summed E-state index contributed by atoms with van der Waals surface area (Å²) in [4.78, 5) is 23.7. The standard InChI is InChI=1S/C23H23N5OS2/c1-4-12-28-21(29)20(22-27(3)18-8-6-7-9-19(18)30-22)31-23(28)26-16-10-11-17(25-5-2)15(13-16)14-24/h6-11,13,25H,4-5,12H2,1-3H3/b22-20+,26-23?. The third kappa shape index (κ3) is 4.03. The van der Waals surface area contributed by atoms with E-state index in [-0.39, 0.29) is 5.91 Å². The largest absolute Gasteiger partial charge is 0.384 e. The van der Waals surface area contributed by atoms with Crippen LogP contribution in [0, 0.1) is 11.3 Å². The number of para-hydroxylation sites is 1. The number of fused-ring (bicyclic) bond motifs is 1. The molecule has 8 heteroatoms. The molecule has 4 rings (SSSR count). The predicted octanol–water partition coefficient (Wildman–Crippen LogP) is 5.37. The number of carbonyl (C=O) groups is 1. The van der Waals surface area contributed by atoms with Crippen LogP contribution in [0.4, 0.5) is 17.1 Å². The maximum Gasteiger partial charge on any atom is 0.269 e. The Morgan fingerprint density at radius 2 is 1.97 bits per heavy atom. The molecule has 1 fully saturated rings. The molecule has 0 atom stereocenters. The molecule has 2 aromatic carbocycles. The zero-order chi connectivity index (χ0) is 22.0. The number of hydrogen-bond donors (Lipinski definition) is 1. The zero-order valence-corrected chi connectivity index (χ0v) is 19.3. The number of aliphatic imine (C=N–C) groups is 1. The molecule has 0 saturated carbocycles. The van der Waals surface area contributed by atoms with Gasteiger partial charge in [0.05, 0.1) is 27.7 Å². The number of nitriles is 1. The molecule has 1 N–H and O–H groups in total. The van der Waals surface area contributed by atoms with E-state index < -0.39 is 0 Å². The number of hydrogen-bond acceptors (Lipinski definition) is 7. The molecule has 0 radical (unpaired) electrons. The van der Waals surface area contributed by atoms with E-state index in [0.717, 1.165) is 34.3 Å². The topological polar surface area (TPSA) is 71.7 Å². The number of thioether (sulfide) groups is 2. The van der Waals surface area contributed by atoms with Crippen molar-refractivity contribution in [2.75, 3.05) is 30.4 Å². The van der Waals surface area contributed by atoms with Crippen LogP contribution in [-0.4, -0.2) is 36.1 Å². The van der Waals surface area contributed by atoms with E-state index >= 15 is 0 Å². The molecule has 6 nitrogen and oxygen atoms in total. The Balaban J connectivity index is 1.71. The van der Waals surface area contributed by atoms with Crippen LogP contribution in [0.5, 0.6) is 0 Å². The van der Waals surface area contributed by atoms with Gasteiger partial charge in [-0.05, 0) is 55.4 Å². The highest BCUT2D eigenvalue weighted by molar-refractivity contribution is 8.19. The van der Waals surface area contributed by atoms with Gasteiger partial charge in [0, 0.05) is 25.0 Å². The quantitative estimate of drug-likeness (QED) is 0.619. The van der Waals surface area contributed by atoms with Gasteiger partial charge in [0.15, 0.2) is 5.17 Å². The van der Waals surface area contributed by atoms with Gasteiger partial charge in [-0.2, -0.15) is 5.26 Å².